The van der Waals surface area contributed by atoms with Gasteiger partial charge in [-0.05, 0) is 48.4 Å². The van der Waals surface area contributed by atoms with Crippen LogP contribution in [0.15, 0.2) is 48.5 Å². The fraction of sp³-hybridized carbons (Fsp3) is 0.300. The van der Waals surface area contributed by atoms with Crippen molar-refractivity contribution in [1.82, 2.24) is 5.32 Å². The SMILES string of the molecule is CCCCOc1ccc(C(=O)NCC(=O)OCc2cccc(Cl)c2)cc1. The number of hydrogen-bond donors (Lipinski definition) is 1. The van der Waals surface area contributed by atoms with E-state index in [1.54, 1.807) is 42.5 Å². The average molecular weight is 376 g/mol. The monoisotopic (exact) mass is 375 g/mol. The van der Waals surface area contributed by atoms with Crippen molar-refractivity contribution in [3.8, 4) is 5.75 Å². The molecule has 138 valence electrons. The van der Waals surface area contributed by atoms with Crippen LogP contribution in [0.5, 0.6) is 5.75 Å². The predicted octanol–water partition coefficient (Wildman–Crippen LogP) is 3.99. The number of amides is 1. The van der Waals surface area contributed by atoms with Crippen LogP contribution in [-0.4, -0.2) is 25.0 Å². The summed E-state index contributed by atoms with van der Waals surface area (Å²) in [5.41, 5.74) is 1.24. The summed E-state index contributed by atoms with van der Waals surface area (Å²) in [5, 5.41) is 3.12. The molecule has 0 aliphatic carbocycles. The lowest BCUT2D eigenvalue weighted by Crippen LogP contribution is -2.30. The number of rotatable bonds is 9. The molecule has 1 N–H and O–H groups in total. The van der Waals surface area contributed by atoms with Crippen molar-refractivity contribution < 1.29 is 19.1 Å². The number of carbonyl (C=O) groups excluding carboxylic acids is 2. The summed E-state index contributed by atoms with van der Waals surface area (Å²) in [6, 6.07) is 13.8. The second kappa shape index (κ2) is 10.5. The van der Waals surface area contributed by atoms with Crippen molar-refractivity contribution in [2.75, 3.05) is 13.2 Å². The summed E-state index contributed by atoms with van der Waals surface area (Å²) in [7, 11) is 0. The van der Waals surface area contributed by atoms with Crippen LogP contribution in [0.2, 0.25) is 5.02 Å². The molecule has 26 heavy (non-hydrogen) atoms. The Bertz CT molecular complexity index is 731. The van der Waals surface area contributed by atoms with E-state index in [1.807, 2.05) is 6.07 Å². The summed E-state index contributed by atoms with van der Waals surface area (Å²) >= 11 is 5.87. The van der Waals surface area contributed by atoms with Crippen molar-refractivity contribution in [1.29, 1.82) is 0 Å². The van der Waals surface area contributed by atoms with Gasteiger partial charge >= 0.3 is 5.97 Å². The average Bonchev–Trinajstić information content (AvgIpc) is 2.65. The zero-order valence-electron chi connectivity index (χ0n) is 14.7. The topological polar surface area (TPSA) is 64.6 Å². The van der Waals surface area contributed by atoms with Crippen LogP contribution in [0.3, 0.4) is 0 Å². The first-order chi connectivity index (χ1) is 12.6. The maximum Gasteiger partial charge on any atom is 0.325 e. The molecule has 6 heteroatoms. The molecule has 0 saturated heterocycles. The van der Waals surface area contributed by atoms with Crippen molar-refractivity contribution in [3.63, 3.8) is 0 Å². The molecule has 0 aromatic heterocycles. The summed E-state index contributed by atoms with van der Waals surface area (Å²) in [6.07, 6.45) is 2.05. The summed E-state index contributed by atoms with van der Waals surface area (Å²) in [5.74, 6) is -0.140. The maximum atomic E-state index is 12.1. The second-order valence-electron chi connectivity index (χ2n) is 5.70. The molecule has 0 fully saturated rings. The highest BCUT2D eigenvalue weighted by Gasteiger charge is 2.09. The normalized spacial score (nSPS) is 10.2. The van der Waals surface area contributed by atoms with Crippen molar-refractivity contribution >= 4 is 23.5 Å². The van der Waals surface area contributed by atoms with Gasteiger partial charge in [-0.2, -0.15) is 0 Å². The molecule has 0 heterocycles. The third-order valence-electron chi connectivity index (χ3n) is 3.57. The molecule has 0 bridgehead atoms. The highest BCUT2D eigenvalue weighted by Crippen LogP contribution is 2.13. The Labute approximate surface area is 158 Å². The Hall–Kier alpha value is -2.53. The van der Waals surface area contributed by atoms with Crippen LogP contribution in [0.4, 0.5) is 0 Å². The summed E-state index contributed by atoms with van der Waals surface area (Å²) < 4.78 is 10.7. The van der Waals surface area contributed by atoms with Gasteiger partial charge in [0.05, 0.1) is 6.61 Å². The minimum Gasteiger partial charge on any atom is -0.494 e. The van der Waals surface area contributed by atoms with Gasteiger partial charge < -0.3 is 14.8 Å². The van der Waals surface area contributed by atoms with E-state index >= 15 is 0 Å². The van der Waals surface area contributed by atoms with Gasteiger partial charge in [0.1, 0.15) is 18.9 Å². The highest BCUT2D eigenvalue weighted by atomic mass is 35.5. The van der Waals surface area contributed by atoms with Gasteiger partial charge in [0.25, 0.3) is 5.91 Å². The van der Waals surface area contributed by atoms with E-state index in [9.17, 15) is 9.59 Å². The molecule has 0 radical (unpaired) electrons. The molecule has 0 atom stereocenters. The van der Waals surface area contributed by atoms with E-state index in [-0.39, 0.29) is 19.1 Å². The van der Waals surface area contributed by atoms with Crippen molar-refractivity contribution in [2.24, 2.45) is 0 Å². The van der Waals surface area contributed by atoms with Gasteiger partial charge in [-0.25, -0.2) is 0 Å². The molecule has 2 aromatic rings. The predicted molar refractivity (Wildman–Crippen MR) is 100 cm³/mol. The van der Waals surface area contributed by atoms with Gasteiger partial charge in [0.15, 0.2) is 0 Å². The lowest BCUT2D eigenvalue weighted by molar-refractivity contribution is -0.143. The molecule has 0 aliphatic heterocycles. The Morgan fingerprint density at radius 1 is 1.12 bits per heavy atom. The fourth-order valence-electron chi connectivity index (χ4n) is 2.13. The van der Waals surface area contributed by atoms with Crippen LogP contribution in [0.1, 0.15) is 35.7 Å². The van der Waals surface area contributed by atoms with Gasteiger partial charge in [-0.3, -0.25) is 9.59 Å². The zero-order chi connectivity index (χ0) is 18.8. The van der Waals surface area contributed by atoms with Crippen molar-refractivity contribution in [3.05, 3.63) is 64.7 Å². The number of esters is 1. The third kappa shape index (κ3) is 6.76. The summed E-state index contributed by atoms with van der Waals surface area (Å²) in [6.45, 7) is 2.66. The number of ether oxygens (including phenoxy) is 2. The van der Waals surface area contributed by atoms with Crippen LogP contribution in [0, 0.1) is 0 Å². The van der Waals surface area contributed by atoms with Crippen LogP contribution in [-0.2, 0) is 16.1 Å². The third-order valence-corrected chi connectivity index (χ3v) is 3.80. The maximum absolute atomic E-state index is 12.1. The van der Waals surface area contributed by atoms with E-state index in [4.69, 9.17) is 21.1 Å². The Morgan fingerprint density at radius 3 is 2.58 bits per heavy atom. The fourth-order valence-corrected chi connectivity index (χ4v) is 2.35. The molecule has 0 saturated carbocycles. The Morgan fingerprint density at radius 2 is 1.88 bits per heavy atom. The number of carbonyl (C=O) groups is 2. The van der Waals surface area contributed by atoms with Gasteiger partial charge in [0, 0.05) is 10.6 Å². The van der Waals surface area contributed by atoms with E-state index in [0.717, 1.165) is 24.2 Å². The smallest absolute Gasteiger partial charge is 0.325 e. The zero-order valence-corrected chi connectivity index (χ0v) is 15.4. The molecule has 1 amide bonds. The molecule has 2 aromatic carbocycles. The van der Waals surface area contributed by atoms with Crippen LogP contribution >= 0.6 is 11.6 Å². The minimum absolute atomic E-state index is 0.110. The molecular formula is C20H22ClNO4. The van der Waals surface area contributed by atoms with Gasteiger partial charge in [-0.15, -0.1) is 0 Å². The van der Waals surface area contributed by atoms with E-state index in [0.29, 0.717) is 17.2 Å². The van der Waals surface area contributed by atoms with Crippen molar-refractivity contribution in [2.45, 2.75) is 26.4 Å². The van der Waals surface area contributed by atoms with E-state index in [2.05, 4.69) is 12.2 Å². The highest BCUT2D eigenvalue weighted by molar-refractivity contribution is 6.30. The molecule has 5 nitrogen and oxygen atoms in total. The standard InChI is InChI=1S/C20H22ClNO4/c1-2-3-11-25-18-9-7-16(8-10-18)20(24)22-13-19(23)26-14-15-5-4-6-17(21)12-15/h4-10,12H,2-3,11,13-14H2,1H3,(H,22,24). The lowest BCUT2D eigenvalue weighted by Gasteiger charge is -2.08. The van der Waals surface area contributed by atoms with Gasteiger partial charge in [0.2, 0.25) is 0 Å². The number of halogens is 1. The summed E-state index contributed by atoms with van der Waals surface area (Å²) in [4.78, 5) is 23.8. The van der Waals surface area contributed by atoms with E-state index < -0.39 is 5.97 Å². The number of unbranched alkanes of at least 4 members (excludes halogenated alkanes) is 1. The molecule has 2 rings (SSSR count). The minimum atomic E-state index is -0.516. The molecule has 0 spiro atoms. The Balaban J connectivity index is 1.74. The van der Waals surface area contributed by atoms with E-state index in [1.165, 1.54) is 0 Å². The lowest BCUT2D eigenvalue weighted by atomic mass is 10.2. The molecule has 0 aliphatic rings. The van der Waals surface area contributed by atoms with Crippen LogP contribution in [0.25, 0.3) is 0 Å². The molecule has 0 unspecified atom stereocenters. The van der Waals surface area contributed by atoms with Crippen LogP contribution < -0.4 is 10.1 Å². The molecular weight excluding hydrogens is 354 g/mol. The number of hydrogen-bond acceptors (Lipinski definition) is 4. The number of nitrogens with one attached hydrogen (secondary N) is 1. The Kier molecular flexibility index (Phi) is 7.96. The number of benzene rings is 2. The second-order valence-corrected chi connectivity index (χ2v) is 6.14. The first kappa shape index (κ1) is 19.8. The first-order valence-corrected chi connectivity index (χ1v) is 8.87. The van der Waals surface area contributed by atoms with Gasteiger partial charge in [-0.1, -0.05) is 37.1 Å². The first-order valence-electron chi connectivity index (χ1n) is 8.49. The largest absolute Gasteiger partial charge is 0.494 e. The quantitative estimate of drug-likeness (QED) is 0.531.